The van der Waals surface area contributed by atoms with E-state index in [0.717, 1.165) is 13.1 Å². The molecule has 0 saturated carbocycles. The molecule has 1 aromatic heterocycles. The lowest BCUT2D eigenvalue weighted by Crippen LogP contribution is -2.29. The molecule has 2 aliphatic rings. The van der Waals surface area contributed by atoms with E-state index in [9.17, 15) is 0 Å². The molecule has 1 spiro atoms. The maximum atomic E-state index is 4.85. The zero-order valence-corrected chi connectivity index (χ0v) is 12.8. The van der Waals surface area contributed by atoms with Crippen molar-refractivity contribution in [1.82, 2.24) is 20.0 Å². The molecular formula is C17H24N4. The number of benzene rings is 1. The highest BCUT2D eigenvalue weighted by Gasteiger charge is 2.40. The quantitative estimate of drug-likeness (QED) is 0.938. The average Bonchev–Trinajstić information content (AvgIpc) is 3.21. The number of hydrogen-bond acceptors (Lipinski definition) is 3. The SMILES string of the molecule is CCn1nc(CN2CCC3(CCNC3)C2)c2ccccc21. The Morgan fingerprint density at radius 3 is 3.00 bits per heavy atom. The van der Waals surface area contributed by atoms with Crippen molar-refractivity contribution >= 4 is 10.9 Å². The van der Waals surface area contributed by atoms with Crippen molar-refractivity contribution in [2.24, 2.45) is 5.41 Å². The summed E-state index contributed by atoms with van der Waals surface area (Å²) in [6, 6.07) is 8.63. The van der Waals surface area contributed by atoms with E-state index in [4.69, 9.17) is 5.10 Å². The number of para-hydroxylation sites is 1. The first-order valence-corrected chi connectivity index (χ1v) is 8.17. The summed E-state index contributed by atoms with van der Waals surface area (Å²) < 4.78 is 2.13. The van der Waals surface area contributed by atoms with Crippen LogP contribution in [0.4, 0.5) is 0 Å². The summed E-state index contributed by atoms with van der Waals surface area (Å²) in [6.45, 7) is 8.94. The third kappa shape index (κ3) is 2.27. The largest absolute Gasteiger partial charge is 0.316 e. The second-order valence-electron chi connectivity index (χ2n) is 6.67. The van der Waals surface area contributed by atoms with Gasteiger partial charge in [0.05, 0.1) is 11.2 Å². The average molecular weight is 284 g/mol. The summed E-state index contributed by atoms with van der Waals surface area (Å²) in [6.07, 6.45) is 2.68. The Labute approximate surface area is 126 Å². The maximum Gasteiger partial charge on any atom is 0.0843 e. The molecule has 1 N–H and O–H groups in total. The summed E-state index contributed by atoms with van der Waals surface area (Å²) in [5, 5.41) is 9.71. The van der Waals surface area contributed by atoms with Gasteiger partial charge in [-0.25, -0.2) is 0 Å². The molecule has 0 aliphatic carbocycles. The summed E-state index contributed by atoms with van der Waals surface area (Å²) in [4.78, 5) is 2.60. The molecule has 1 aromatic carbocycles. The molecular weight excluding hydrogens is 260 g/mol. The monoisotopic (exact) mass is 284 g/mol. The topological polar surface area (TPSA) is 33.1 Å². The Morgan fingerprint density at radius 2 is 2.19 bits per heavy atom. The lowest BCUT2D eigenvalue weighted by molar-refractivity contribution is 0.266. The van der Waals surface area contributed by atoms with Gasteiger partial charge in [0.25, 0.3) is 0 Å². The molecule has 4 heteroatoms. The van der Waals surface area contributed by atoms with Crippen molar-refractivity contribution in [3.8, 4) is 0 Å². The van der Waals surface area contributed by atoms with Crippen LogP contribution in [0.1, 0.15) is 25.5 Å². The number of nitrogens with zero attached hydrogens (tertiary/aromatic N) is 3. The number of fused-ring (bicyclic) bond motifs is 1. The minimum Gasteiger partial charge on any atom is -0.316 e. The molecule has 2 saturated heterocycles. The number of aromatic nitrogens is 2. The molecule has 1 atom stereocenters. The lowest BCUT2D eigenvalue weighted by Gasteiger charge is -2.22. The number of rotatable bonds is 3. The van der Waals surface area contributed by atoms with Crippen molar-refractivity contribution in [2.75, 3.05) is 26.2 Å². The molecule has 21 heavy (non-hydrogen) atoms. The van der Waals surface area contributed by atoms with Gasteiger partial charge in [-0.15, -0.1) is 0 Å². The minimum atomic E-state index is 0.545. The van der Waals surface area contributed by atoms with E-state index in [0.29, 0.717) is 5.41 Å². The van der Waals surface area contributed by atoms with Gasteiger partial charge in [0.15, 0.2) is 0 Å². The first-order valence-electron chi connectivity index (χ1n) is 8.17. The van der Waals surface area contributed by atoms with Crippen LogP contribution in [0.3, 0.4) is 0 Å². The first-order chi connectivity index (χ1) is 10.3. The molecule has 4 nitrogen and oxygen atoms in total. The van der Waals surface area contributed by atoms with Crippen molar-refractivity contribution in [3.63, 3.8) is 0 Å². The second-order valence-corrected chi connectivity index (χ2v) is 6.67. The van der Waals surface area contributed by atoms with E-state index in [1.54, 1.807) is 0 Å². The normalized spacial score (nSPS) is 26.3. The Kier molecular flexibility index (Phi) is 3.23. The Bertz CT molecular complexity index is 639. The van der Waals surface area contributed by atoms with Gasteiger partial charge in [-0.1, -0.05) is 18.2 Å². The Morgan fingerprint density at radius 1 is 1.29 bits per heavy atom. The predicted octanol–water partition coefficient (Wildman–Crippen LogP) is 2.24. The number of likely N-dealkylation sites (tertiary alicyclic amines) is 1. The molecule has 0 amide bonds. The number of hydrogen-bond donors (Lipinski definition) is 1. The highest BCUT2D eigenvalue weighted by molar-refractivity contribution is 5.81. The van der Waals surface area contributed by atoms with E-state index < -0.39 is 0 Å². The second kappa shape index (κ2) is 5.11. The summed E-state index contributed by atoms with van der Waals surface area (Å²) in [5.74, 6) is 0. The summed E-state index contributed by atoms with van der Waals surface area (Å²) in [7, 11) is 0. The first kappa shape index (κ1) is 13.3. The zero-order valence-electron chi connectivity index (χ0n) is 12.8. The number of aryl methyl sites for hydroxylation is 1. The standard InChI is InChI=1S/C17H24N4/c1-2-21-16-6-4-3-5-14(16)15(19-21)11-20-10-8-17(13-20)7-9-18-12-17/h3-6,18H,2,7-13H2,1H3. The fourth-order valence-electron chi connectivity index (χ4n) is 4.07. The van der Waals surface area contributed by atoms with E-state index in [1.165, 1.54) is 55.6 Å². The molecule has 2 aromatic rings. The number of nitrogens with one attached hydrogen (secondary N) is 1. The predicted molar refractivity (Wildman–Crippen MR) is 85.2 cm³/mol. The zero-order chi connectivity index (χ0) is 14.3. The van der Waals surface area contributed by atoms with Gasteiger partial charge in [-0.3, -0.25) is 9.58 Å². The van der Waals surface area contributed by atoms with Gasteiger partial charge >= 0.3 is 0 Å². The third-order valence-corrected chi connectivity index (χ3v) is 5.26. The Balaban J connectivity index is 1.58. The Hall–Kier alpha value is -1.39. The van der Waals surface area contributed by atoms with Gasteiger partial charge in [0.1, 0.15) is 0 Å². The molecule has 2 fully saturated rings. The van der Waals surface area contributed by atoms with Crippen LogP contribution in [0.25, 0.3) is 10.9 Å². The van der Waals surface area contributed by atoms with Gasteiger partial charge in [0.2, 0.25) is 0 Å². The molecule has 1 unspecified atom stereocenters. The van der Waals surface area contributed by atoms with E-state index >= 15 is 0 Å². The van der Waals surface area contributed by atoms with Crippen LogP contribution in [0.5, 0.6) is 0 Å². The van der Waals surface area contributed by atoms with E-state index in [1.807, 2.05) is 0 Å². The van der Waals surface area contributed by atoms with Crippen LogP contribution >= 0.6 is 0 Å². The van der Waals surface area contributed by atoms with Crippen molar-refractivity contribution < 1.29 is 0 Å². The highest BCUT2D eigenvalue weighted by atomic mass is 15.3. The molecule has 2 aliphatic heterocycles. The van der Waals surface area contributed by atoms with Crippen molar-refractivity contribution in [1.29, 1.82) is 0 Å². The van der Waals surface area contributed by atoms with Crippen LogP contribution in [0, 0.1) is 5.41 Å². The fourth-order valence-corrected chi connectivity index (χ4v) is 4.07. The molecule has 0 radical (unpaired) electrons. The lowest BCUT2D eigenvalue weighted by atomic mass is 9.87. The van der Waals surface area contributed by atoms with Gasteiger partial charge < -0.3 is 5.32 Å². The maximum absolute atomic E-state index is 4.85. The van der Waals surface area contributed by atoms with Gasteiger partial charge in [-0.05, 0) is 44.3 Å². The third-order valence-electron chi connectivity index (χ3n) is 5.26. The van der Waals surface area contributed by atoms with Crippen LogP contribution in [0.15, 0.2) is 24.3 Å². The van der Waals surface area contributed by atoms with Crippen molar-refractivity contribution in [2.45, 2.75) is 32.9 Å². The van der Waals surface area contributed by atoms with Gasteiger partial charge in [0, 0.05) is 31.6 Å². The van der Waals surface area contributed by atoms with E-state index in [-0.39, 0.29) is 0 Å². The highest BCUT2D eigenvalue weighted by Crippen LogP contribution is 2.36. The summed E-state index contributed by atoms with van der Waals surface area (Å²) >= 11 is 0. The molecule has 3 heterocycles. The fraction of sp³-hybridized carbons (Fsp3) is 0.588. The van der Waals surface area contributed by atoms with Crippen molar-refractivity contribution in [3.05, 3.63) is 30.0 Å². The van der Waals surface area contributed by atoms with Crippen LogP contribution in [-0.4, -0.2) is 40.9 Å². The van der Waals surface area contributed by atoms with Crippen LogP contribution in [-0.2, 0) is 13.1 Å². The molecule has 4 rings (SSSR count). The minimum absolute atomic E-state index is 0.545. The van der Waals surface area contributed by atoms with Crippen LogP contribution in [0.2, 0.25) is 0 Å². The summed E-state index contributed by atoms with van der Waals surface area (Å²) in [5.41, 5.74) is 3.06. The molecule has 0 bridgehead atoms. The van der Waals surface area contributed by atoms with E-state index in [2.05, 4.69) is 46.1 Å². The molecule has 112 valence electrons. The smallest absolute Gasteiger partial charge is 0.0843 e. The van der Waals surface area contributed by atoms with Gasteiger partial charge in [-0.2, -0.15) is 5.10 Å². The van der Waals surface area contributed by atoms with Crippen LogP contribution < -0.4 is 5.32 Å².